The lowest BCUT2D eigenvalue weighted by Gasteiger charge is -2.25. The normalized spacial score (nSPS) is 15.7. The number of hydrogen-bond donors (Lipinski definition) is 2. The molecule has 2 rings (SSSR count). The number of carbonyl (C=O) groups excluding carboxylic acids is 2. The second-order valence-corrected chi connectivity index (χ2v) is 5.24. The first-order valence-corrected chi connectivity index (χ1v) is 6.64. The number of rotatable bonds is 5. The van der Waals surface area contributed by atoms with Gasteiger partial charge in [0.25, 0.3) is 0 Å². The summed E-state index contributed by atoms with van der Waals surface area (Å²) in [6.07, 6.45) is 3.43. The Kier molecular flexibility index (Phi) is 4.62. The minimum Gasteiger partial charge on any atom is -0.322 e. The monoisotopic (exact) mass is 277 g/mol. The standard InChI is InChI=1S/C13H19N5O2/c1-9(2)3-14-4-10-5-15-13(16-6-10)18-7-11(19)17-12(20)8-18/h5-6,9,14H,3-4,7-8H2,1-2H3,(H,17,19,20). The third-order valence-electron chi connectivity index (χ3n) is 2.80. The number of hydrogen-bond acceptors (Lipinski definition) is 6. The van der Waals surface area contributed by atoms with Crippen molar-refractivity contribution in [1.29, 1.82) is 0 Å². The predicted octanol–water partition coefficient (Wildman–Crippen LogP) is -0.315. The summed E-state index contributed by atoms with van der Waals surface area (Å²) < 4.78 is 0. The lowest BCUT2D eigenvalue weighted by molar-refractivity contribution is -0.130. The van der Waals surface area contributed by atoms with Crippen LogP contribution in [-0.4, -0.2) is 41.4 Å². The minimum atomic E-state index is -0.326. The van der Waals surface area contributed by atoms with Crippen LogP contribution >= 0.6 is 0 Å². The van der Waals surface area contributed by atoms with Crippen LogP contribution in [0.5, 0.6) is 0 Å². The quantitative estimate of drug-likeness (QED) is 0.718. The number of piperazine rings is 1. The second-order valence-electron chi connectivity index (χ2n) is 5.24. The Balaban J connectivity index is 1.94. The van der Waals surface area contributed by atoms with Crippen LogP contribution in [0.15, 0.2) is 12.4 Å². The van der Waals surface area contributed by atoms with E-state index in [9.17, 15) is 9.59 Å². The van der Waals surface area contributed by atoms with Crippen LogP contribution in [0.25, 0.3) is 0 Å². The van der Waals surface area contributed by atoms with Crippen LogP contribution in [0, 0.1) is 5.92 Å². The van der Waals surface area contributed by atoms with Crippen molar-refractivity contribution < 1.29 is 9.59 Å². The Bertz CT molecular complexity index is 470. The number of anilines is 1. The minimum absolute atomic E-state index is 0.108. The van der Waals surface area contributed by atoms with E-state index in [-0.39, 0.29) is 24.9 Å². The number of carbonyl (C=O) groups is 2. The average molecular weight is 277 g/mol. The molecular formula is C13H19N5O2. The summed E-state index contributed by atoms with van der Waals surface area (Å²) in [6, 6.07) is 0. The number of nitrogens with zero attached hydrogens (tertiary/aromatic N) is 3. The molecular weight excluding hydrogens is 258 g/mol. The number of imide groups is 1. The van der Waals surface area contributed by atoms with Crippen LogP contribution in [0.3, 0.4) is 0 Å². The molecule has 0 aromatic carbocycles. The van der Waals surface area contributed by atoms with E-state index in [2.05, 4.69) is 34.4 Å². The molecule has 0 bridgehead atoms. The maximum atomic E-state index is 11.3. The second kappa shape index (κ2) is 6.42. The summed E-state index contributed by atoms with van der Waals surface area (Å²) in [5.41, 5.74) is 0.974. The predicted molar refractivity (Wildman–Crippen MR) is 73.9 cm³/mol. The van der Waals surface area contributed by atoms with Gasteiger partial charge in [0.2, 0.25) is 17.8 Å². The molecule has 1 fully saturated rings. The van der Waals surface area contributed by atoms with Gasteiger partial charge in [-0.2, -0.15) is 0 Å². The van der Waals surface area contributed by atoms with Gasteiger partial charge < -0.3 is 10.2 Å². The van der Waals surface area contributed by atoms with E-state index in [0.717, 1.165) is 12.1 Å². The van der Waals surface area contributed by atoms with Gasteiger partial charge in [-0.15, -0.1) is 0 Å². The van der Waals surface area contributed by atoms with Gasteiger partial charge in [-0.25, -0.2) is 9.97 Å². The van der Waals surface area contributed by atoms with E-state index in [4.69, 9.17) is 0 Å². The fraction of sp³-hybridized carbons (Fsp3) is 0.538. The molecule has 1 aromatic rings. The van der Waals surface area contributed by atoms with E-state index < -0.39 is 0 Å². The molecule has 0 atom stereocenters. The van der Waals surface area contributed by atoms with Crippen molar-refractivity contribution >= 4 is 17.8 Å². The zero-order valence-electron chi connectivity index (χ0n) is 11.7. The van der Waals surface area contributed by atoms with Gasteiger partial charge in [0.1, 0.15) is 13.1 Å². The first-order valence-electron chi connectivity index (χ1n) is 6.64. The van der Waals surface area contributed by atoms with E-state index >= 15 is 0 Å². The van der Waals surface area contributed by atoms with Gasteiger partial charge in [0.05, 0.1) is 0 Å². The molecule has 7 heteroatoms. The number of aromatic nitrogens is 2. The van der Waals surface area contributed by atoms with Crippen molar-refractivity contribution in [2.24, 2.45) is 5.92 Å². The Morgan fingerprint density at radius 3 is 2.40 bits per heavy atom. The van der Waals surface area contributed by atoms with E-state index in [1.807, 2.05) is 0 Å². The molecule has 0 unspecified atom stereocenters. The Labute approximate surface area is 117 Å². The first kappa shape index (κ1) is 14.4. The zero-order chi connectivity index (χ0) is 14.5. The molecule has 7 nitrogen and oxygen atoms in total. The topological polar surface area (TPSA) is 87.2 Å². The third-order valence-corrected chi connectivity index (χ3v) is 2.80. The number of nitrogens with one attached hydrogen (secondary N) is 2. The van der Waals surface area contributed by atoms with E-state index in [0.29, 0.717) is 18.4 Å². The van der Waals surface area contributed by atoms with Crippen molar-refractivity contribution in [3.8, 4) is 0 Å². The molecule has 2 heterocycles. The van der Waals surface area contributed by atoms with Crippen molar-refractivity contribution in [3.05, 3.63) is 18.0 Å². The zero-order valence-corrected chi connectivity index (χ0v) is 11.7. The van der Waals surface area contributed by atoms with Crippen LogP contribution in [0.2, 0.25) is 0 Å². The summed E-state index contributed by atoms with van der Waals surface area (Å²) in [7, 11) is 0. The lowest BCUT2D eigenvalue weighted by atomic mass is 10.2. The van der Waals surface area contributed by atoms with Gasteiger partial charge in [0, 0.05) is 24.5 Å². The summed E-state index contributed by atoms with van der Waals surface area (Å²) in [5.74, 6) is 0.342. The van der Waals surface area contributed by atoms with Gasteiger partial charge in [-0.1, -0.05) is 13.8 Å². The van der Waals surface area contributed by atoms with Gasteiger partial charge >= 0.3 is 0 Å². The van der Waals surface area contributed by atoms with Crippen molar-refractivity contribution in [2.45, 2.75) is 20.4 Å². The first-order chi connectivity index (χ1) is 9.54. The molecule has 1 aromatic heterocycles. The highest BCUT2D eigenvalue weighted by molar-refractivity contribution is 6.02. The maximum Gasteiger partial charge on any atom is 0.246 e. The molecule has 1 saturated heterocycles. The Morgan fingerprint density at radius 2 is 1.85 bits per heavy atom. The fourth-order valence-electron chi connectivity index (χ4n) is 1.89. The Hall–Kier alpha value is -2.02. The average Bonchev–Trinajstić information content (AvgIpc) is 2.38. The van der Waals surface area contributed by atoms with E-state index in [1.54, 1.807) is 17.3 Å². The van der Waals surface area contributed by atoms with E-state index in [1.165, 1.54) is 0 Å². The Morgan fingerprint density at radius 1 is 1.25 bits per heavy atom. The molecule has 0 spiro atoms. The highest BCUT2D eigenvalue weighted by Crippen LogP contribution is 2.08. The lowest BCUT2D eigenvalue weighted by Crippen LogP contribution is -2.52. The smallest absolute Gasteiger partial charge is 0.246 e. The van der Waals surface area contributed by atoms with Crippen molar-refractivity contribution in [2.75, 3.05) is 24.5 Å². The summed E-state index contributed by atoms with van der Waals surface area (Å²) in [4.78, 5) is 32.6. The third kappa shape index (κ3) is 3.99. The molecule has 0 saturated carbocycles. The van der Waals surface area contributed by atoms with Crippen LogP contribution in [0.4, 0.5) is 5.95 Å². The van der Waals surface area contributed by atoms with Gasteiger partial charge in [0.15, 0.2) is 0 Å². The van der Waals surface area contributed by atoms with Crippen LogP contribution in [-0.2, 0) is 16.1 Å². The number of amides is 2. The summed E-state index contributed by atoms with van der Waals surface area (Å²) in [6.45, 7) is 6.14. The molecule has 108 valence electrons. The largest absolute Gasteiger partial charge is 0.322 e. The van der Waals surface area contributed by atoms with Crippen LogP contribution in [0.1, 0.15) is 19.4 Å². The highest BCUT2D eigenvalue weighted by atomic mass is 16.2. The highest BCUT2D eigenvalue weighted by Gasteiger charge is 2.24. The molecule has 1 aliphatic heterocycles. The molecule has 2 N–H and O–H groups in total. The van der Waals surface area contributed by atoms with Crippen LogP contribution < -0.4 is 15.5 Å². The summed E-state index contributed by atoms with van der Waals surface area (Å²) in [5, 5.41) is 5.55. The molecule has 20 heavy (non-hydrogen) atoms. The maximum absolute atomic E-state index is 11.3. The molecule has 1 aliphatic rings. The van der Waals surface area contributed by atoms with Crippen molar-refractivity contribution in [1.82, 2.24) is 20.6 Å². The van der Waals surface area contributed by atoms with Gasteiger partial charge in [-0.05, 0) is 12.5 Å². The van der Waals surface area contributed by atoms with Gasteiger partial charge in [-0.3, -0.25) is 14.9 Å². The molecule has 0 aliphatic carbocycles. The SMILES string of the molecule is CC(C)CNCc1cnc(N2CC(=O)NC(=O)C2)nc1. The summed E-state index contributed by atoms with van der Waals surface area (Å²) >= 11 is 0. The molecule has 2 amide bonds. The van der Waals surface area contributed by atoms with Crippen molar-refractivity contribution in [3.63, 3.8) is 0 Å². The fourth-order valence-corrected chi connectivity index (χ4v) is 1.89. The molecule has 0 radical (unpaired) electrons.